The van der Waals surface area contributed by atoms with Crippen molar-refractivity contribution in [1.82, 2.24) is 0 Å². The lowest BCUT2D eigenvalue weighted by Gasteiger charge is -2.14. The van der Waals surface area contributed by atoms with E-state index in [2.05, 4.69) is 5.32 Å². The fraction of sp³-hybridized carbons (Fsp3) is 0.188. The summed E-state index contributed by atoms with van der Waals surface area (Å²) in [7, 11) is 4.26. The van der Waals surface area contributed by atoms with E-state index in [0.717, 1.165) is 0 Å². The van der Waals surface area contributed by atoms with Gasteiger partial charge in [-0.3, -0.25) is 14.9 Å². The second-order valence-electron chi connectivity index (χ2n) is 4.63. The molecule has 8 nitrogen and oxygen atoms in total. The molecule has 0 saturated heterocycles. The zero-order valence-corrected chi connectivity index (χ0v) is 13.4. The molecule has 2 aromatic carbocycles. The number of nitro benzene ring substituents is 1. The number of carbonyl (C=O) groups is 1. The lowest BCUT2D eigenvalue weighted by molar-refractivity contribution is -0.384. The van der Waals surface area contributed by atoms with Gasteiger partial charge < -0.3 is 19.5 Å². The number of hydrogen-bond donors (Lipinski definition) is 1. The fourth-order valence-electron chi connectivity index (χ4n) is 2.17. The number of nitrogens with zero attached hydrogens (tertiary/aromatic N) is 1. The minimum atomic E-state index is -0.557. The van der Waals surface area contributed by atoms with Crippen LogP contribution >= 0.6 is 0 Å². The molecule has 126 valence electrons. The monoisotopic (exact) mass is 332 g/mol. The zero-order valence-electron chi connectivity index (χ0n) is 13.4. The summed E-state index contributed by atoms with van der Waals surface area (Å²) in [5, 5.41) is 13.5. The number of carbonyl (C=O) groups excluding carboxylic acids is 1. The van der Waals surface area contributed by atoms with E-state index in [1.807, 2.05) is 0 Å². The number of ether oxygens (including phenoxy) is 3. The van der Waals surface area contributed by atoms with E-state index in [-0.39, 0.29) is 16.9 Å². The first kappa shape index (κ1) is 17.1. The molecule has 1 N–H and O–H groups in total. The van der Waals surface area contributed by atoms with Crippen LogP contribution in [0.3, 0.4) is 0 Å². The Hall–Kier alpha value is -3.29. The molecular formula is C16H16N2O6. The van der Waals surface area contributed by atoms with E-state index < -0.39 is 10.8 Å². The van der Waals surface area contributed by atoms with Crippen LogP contribution in [-0.4, -0.2) is 32.2 Å². The number of nitrogens with one attached hydrogen (secondary N) is 1. The van der Waals surface area contributed by atoms with Crippen LogP contribution in [0.2, 0.25) is 0 Å². The minimum Gasteiger partial charge on any atom is -0.496 e. The van der Waals surface area contributed by atoms with Crippen molar-refractivity contribution in [3.05, 3.63) is 52.1 Å². The topological polar surface area (TPSA) is 99.9 Å². The van der Waals surface area contributed by atoms with Crippen molar-refractivity contribution in [3.8, 4) is 17.2 Å². The van der Waals surface area contributed by atoms with Crippen LogP contribution in [0, 0.1) is 10.1 Å². The Labute approximate surface area is 138 Å². The molecule has 2 rings (SSSR count). The summed E-state index contributed by atoms with van der Waals surface area (Å²) in [4.78, 5) is 23.0. The summed E-state index contributed by atoms with van der Waals surface area (Å²) >= 11 is 0. The largest absolute Gasteiger partial charge is 0.496 e. The summed E-state index contributed by atoms with van der Waals surface area (Å²) < 4.78 is 15.5. The lowest BCUT2D eigenvalue weighted by atomic mass is 10.1. The quantitative estimate of drug-likeness (QED) is 0.645. The third-order valence-electron chi connectivity index (χ3n) is 3.30. The van der Waals surface area contributed by atoms with Crippen LogP contribution in [0.25, 0.3) is 0 Å². The second-order valence-corrected chi connectivity index (χ2v) is 4.63. The average Bonchev–Trinajstić information content (AvgIpc) is 2.60. The Morgan fingerprint density at radius 1 is 1.00 bits per heavy atom. The Morgan fingerprint density at radius 3 is 2.08 bits per heavy atom. The van der Waals surface area contributed by atoms with Gasteiger partial charge in [0.25, 0.3) is 11.6 Å². The standard InChI is InChI=1S/C16H16N2O6/c1-22-12-8-7-10(18(20)21)9-11(12)17-16(19)15-13(23-2)5-4-6-14(15)24-3/h4-9H,1-3H3,(H,17,19). The molecule has 0 atom stereocenters. The number of hydrogen-bond acceptors (Lipinski definition) is 6. The van der Waals surface area contributed by atoms with Gasteiger partial charge in [0.2, 0.25) is 0 Å². The van der Waals surface area contributed by atoms with Gasteiger partial charge in [-0.15, -0.1) is 0 Å². The number of amides is 1. The van der Waals surface area contributed by atoms with Gasteiger partial charge in [-0.05, 0) is 18.2 Å². The average molecular weight is 332 g/mol. The van der Waals surface area contributed by atoms with Gasteiger partial charge in [0.15, 0.2) is 0 Å². The van der Waals surface area contributed by atoms with Crippen molar-refractivity contribution in [1.29, 1.82) is 0 Å². The molecule has 0 spiro atoms. The number of benzene rings is 2. The van der Waals surface area contributed by atoms with E-state index in [1.54, 1.807) is 18.2 Å². The molecule has 0 fully saturated rings. The van der Waals surface area contributed by atoms with Crippen molar-refractivity contribution in [2.24, 2.45) is 0 Å². The fourth-order valence-corrected chi connectivity index (χ4v) is 2.17. The zero-order chi connectivity index (χ0) is 17.7. The molecule has 0 saturated carbocycles. The lowest BCUT2D eigenvalue weighted by Crippen LogP contribution is -2.15. The van der Waals surface area contributed by atoms with Crippen LogP contribution < -0.4 is 19.5 Å². The summed E-state index contributed by atoms with van der Waals surface area (Å²) in [6.07, 6.45) is 0. The Balaban J connectivity index is 2.43. The molecule has 0 aliphatic rings. The maximum Gasteiger partial charge on any atom is 0.271 e. The molecule has 0 aliphatic heterocycles. The van der Waals surface area contributed by atoms with Gasteiger partial charge in [-0.1, -0.05) is 6.07 Å². The van der Waals surface area contributed by atoms with E-state index in [0.29, 0.717) is 17.2 Å². The minimum absolute atomic E-state index is 0.168. The van der Waals surface area contributed by atoms with Crippen LogP contribution in [0.15, 0.2) is 36.4 Å². The number of nitro groups is 1. The Bertz CT molecular complexity index is 753. The molecule has 1 amide bonds. The van der Waals surface area contributed by atoms with Crippen molar-refractivity contribution in [3.63, 3.8) is 0 Å². The third kappa shape index (κ3) is 3.37. The van der Waals surface area contributed by atoms with Gasteiger partial charge in [-0.25, -0.2) is 0 Å². The van der Waals surface area contributed by atoms with Crippen molar-refractivity contribution in [2.75, 3.05) is 26.6 Å². The molecule has 0 bridgehead atoms. The summed E-state index contributed by atoms with van der Waals surface area (Å²) in [6.45, 7) is 0. The highest BCUT2D eigenvalue weighted by Gasteiger charge is 2.20. The summed E-state index contributed by atoms with van der Waals surface area (Å²) in [6, 6.07) is 8.83. The molecular weight excluding hydrogens is 316 g/mol. The summed E-state index contributed by atoms with van der Waals surface area (Å²) in [5.74, 6) is 0.387. The van der Waals surface area contributed by atoms with Crippen LogP contribution in [0.5, 0.6) is 17.2 Å². The van der Waals surface area contributed by atoms with Gasteiger partial charge in [-0.2, -0.15) is 0 Å². The molecule has 0 heterocycles. The number of methoxy groups -OCH3 is 3. The number of rotatable bonds is 6. The van der Waals surface area contributed by atoms with E-state index in [9.17, 15) is 14.9 Å². The van der Waals surface area contributed by atoms with Crippen molar-refractivity contribution < 1.29 is 23.9 Å². The Kier molecular flexibility index (Phi) is 5.20. The van der Waals surface area contributed by atoms with Crippen molar-refractivity contribution >= 4 is 17.3 Å². The maximum absolute atomic E-state index is 12.6. The highest BCUT2D eigenvalue weighted by molar-refractivity contribution is 6.09. The van der Waals surface area contributed by atoms with Gasteiger partial charge >= 0.3 is 0 Å². The Morgan fingerprint density at radius 2 is 1.58 bits per heavy atom. The molecule has 0 radical (unpaired) electrons. The van der Waals surface area contributed by atoms with Crippen molar-refractivity contribution in [2.45, 2.75) is 0 Å². The molecule has 8 heteroatoms. The van der Waals surface area contributed by atoms with Crippen LogP contribution in [0.1, 0.15) is 10.4 Å². The number of non-ortho nitro benzene ring substituents is 1. The van der Waals surface area contributed by atoms with E-state index in [4.69, 9.17) is 14.2 Å². The smallest absolute Gasteiger partial charge is 0.271 e. The molecule has 2 aromatic rings. The normalized spacial score (nSPS) is 9.96. The molecule has 0 unspecified atom stereocenters. The van der Waals surface area contributed by atoms with Crippen LogP contribution in [-0.2, 0) is 0 Å². The SMILES string of the molecule is COc1ccc([N+](=O)[O-])cc1NC(=O)c1c(OC)cccc1OC. The predicted octanol–water partition coefficient (Wildman–Crippen LogP) is 2.87. The first-order valence-electron chi connectivity index (χ1n) is 6.86. The molecule has 24 heavy (non-hydrogen) atoms. The predicted molar refractivity (Wildman–Crippen MR) is 87.1 cm³/mol. The van der Waals surface area contributed by atoms with E-state index >= 15 is 0 Å². The van der Waals surface area contributed by atoms with Gasteiger partial charge in [0.1, 0.15) is 22.8 Å². The van der Waals surface area contributed by atoms with Gasteiger partial charge in [0.05, 0.1) is 31.9 Å². The molecule has 0 aliphatic carbocycles. The van der Waals surface area contributed by atoms with Gasteiger partial charge in [0, 0.05) is 12.1 Å². The molecule has 0 aromatic heterocycles. The third-order valence-corrected chi connectivity index (χ3v) is 3.30. The van der Waals surface area contributed by atoms with Crippen LogP contribution in [0.4, 0.5) is 11.4 Å². The van der Waals surface area contributed by atoms with E-state index in [1.165, 1.54) is 39.5 Å². The highest BCUT2D eigenvalue weighted by Crippen LogP contribution is 2.32. The second kappa shape index (κ2) is 7.32. The first-order valence-corrected chi connectivity index (χ1v) is 6.86. The maximum atomic E-state index is 12.6. The number of anilines is 1. The first-order chi connectivity index (χ1) is 11.5. The highest BCUT2D eigenvalue weighted by atomic mass is 16.6. The summed E-state index contributed by atoms with van der Waals surface area (Å²) in [5.41, 5.74) is 0.179.